The molecule has 0 bridgehead atoms. The van der Waals surface area contributed by atoms with Crippen LogP contribution in [0.25, 0.3) is 0 Å². The summed E-state index contributed by atoms with van der Waals surface area (Å²) in [4.78, 5) is 23.0. The van der Waals surface area contributed by atoms with E-state index in [2.05, 4.69) is 5.32 Å². The molecule has 1 aromatic carbocycles. The number of carboxylic acids is 1. The molecule has 0 saturated carbocycles. The summed E-state index contributed by atoms with van der Waals surface area (Å²) in [6, 6.07) is 4.49. The normalized spacial score (nSPS) is 17.9. The zero-order chi connectivity index (χ0) is 14.5. The largest absolute Gasteiger partial charge is 0.478 e. The van der Waals surface area contributed by atoms with Gasteiger partial charge >= 0.3 is 5.97 Å². The molecule has 1 unspecified atom stereocenters. The van der Waals surface area contributed by atoms with Crippen molar-refractivity contribution in [3.63, 3.8) is 0 Å². The molecule has 1 atom stereocenters. The lowest BCUT2D eigenvalue weighted by Crippen LogP contribution is -2.17. The van der Waals surface area contributed by atoms with Gasteiger partial charge in [-0.25, -0.2) is 4.79 Å². The van der Waals surface area contributed by atoms with Crippen LogP contribution >= 0.6 is 11.6 Å². The molecule has 1 aliphatic rings. The van der Waals surface area contributed by atoms with Gasteiger partial charge in [0, 0.05) is 13.0 Å². The third-order valence-electron chi connectivity index (χ3n) is 3.23. The molecular formula is C14H16ClNO4. The molecule has 1 aromatic rings. The summed E-state index contributed by atoms with van der Waals surface area (Å²) >= 11 is 5.94. The predicted octanol–water partition coefficient (Wildman–Crippen LogP) is 2.94. The number of aromatic carboxylic acids is 1. The summed E-state index contributed by atoms with van der Waals surface area (Å²) in [5.41, 5.74) is 0.141. The van der Waals surface area contributed by atoms with Gasteiger partial charge in [-0.15, -0.1) is 0 Å². The highest BCUT2D eigenvalue weighted by molar-refractivity contribution is 6.34. The molecule has 0 spiro atoms. The Morgan fingerprint density at radius 1 is 1.45 bits per heavy atom. The lowest BCUT2D eigenvalue weighted by molar-refractivity contribution is -0.116. The van der Waals surface area contributed by atoms with Gasteiger partial charge in [-0.05, 0) is 31.4 Å². The maximum atomic E-state index is 11.9. The molecule has 1 heterocycles. The van der Waals surface area contributed by atoms with E-state index in [1.807, 2.05) is 0 Å². The van der Waals surface area contributed by atoms with E-state index in [0.717, 1.165) is 19.4 Å². The van der Waals surface area contributed by atoms with Crippen molar-refractivity contribution in [2.75, 3.05) is 11.9 Å². The highest BCUT2D eigenvalue weighted by Crippen LogP contribution is 2.26. The van der Waals surface area contributed by atoms with Gasteiger partial charge in [-0.3, -0.25) is 4.79 Å². The molecule has 6 heteroatoms. The molecule has 2 rings (SSSR count). The third kappa shape index (κ3) is 3.71. The van der Waals surface area contributed by atoms with E-state index in [1.54, 1.807) is 6.07 Å². The SMILES string of the molecule is O=C(CCC1CCCO1)Nc1c(Cl)cccc1C(=O)O. The molecule has 1 amide bonds. The topological polar surface area (TPSA) is 75.6 Å². The number of carbonyl (C=O) groups excluding carboxylic acids is 1. The second-order valence-corrected chi connectivity index (χ2v) is 5.10. The number of nitrogens with one attached hydrogen (secondary N) is 1. The van der Waals surface area contributed by atoms with Crippen molar-refractivity contribution in [3.05, 3.63) is 28.8 Å². The summed E-state index contributed by atoms with van der Waals surface area (Å²) in [5.74, 6) is -1.38. The average molecular weight is 298 g/mol. The van der Waals surface area contributed by atoms with Crippen LogP contribution in [0.1, 0.15) is 36.0 Å². The number of amides is 1. The van der Waals surface area contributed by atoms with Crippen LogP contribution in [0, 0.1) is 0 Å². The first-order chi connectivity index (χ1) is 9.58. The van der Waals surface area contributed by atoms with Crippen LogP contribution < -0.4 is 5.32 Å². The van der Waals surface area contributed by atoms with Gasteiger partial charge in [0.2, 0.25) is 5.91 Å². The zero-order valence-electron chi connectivity index (χ0n) is 10.9. The van der Waals surface area contributed by atoms with E-state index in [-0.39, 0.29) is 34.7 Å². The molecule has 1 fully saturated rings. The molecule has 20 heavy (non-hydrogen) atoms. The highest BCUT2D eigenvalue weighted by atomic mass is 35.5. The quantitative estimate of drug-likeness (QED) is 0.876. The van der Waals surface area contributed by atoms with E-state index >= 15 is 0 Å². The highest BCUT2D eigenvalue weighted by Gasteiger charge is 2.19. The summed E-state index contributed by atoms with van der Waals surface area (Å²) < 4.78 is 5.44. The van der Waals surface area contributed by atoms with Gasteiger partial charge in [0.1, 0.15) is 0 Å². The molecule has 0 aromatic heterocycles. The summed E-state index contributed by atoms with van der Waals surface area (Å²) in [7, 11) is 0. The minimum Gasteiger partial charge on any atom is -0.478 e. The number of hydrogen-bond acceptors (Lipinski definition) is 3. The van der Waals surface area contributed by atoms with Crippen molar-refractivity contribution in [2.24, 2.45) is 0 Å². The molecule has 1 saturated heterocycles. The van der Waals surface area contributed by atoms with Gasteiger partial charge in [0.15, 0.2) is 0 Å². The first kappa shape index (κ1) is 14.8. The monoisotopic (exact) mass is 297 g/mol. The molecule has 1 aliphatic heterocycles. The number of carbonyl (C=O) groups is 2. The molecular weight excluding hydrogens is 282 g/mol. The van der Waals surface area contributed by atoms with Crippen LogP contribution in [0.15, 0.2) is 18.2 Å². The average Bonchev–Trinajstić information content (AvgIpc) is 2.91. The van der Waals surface area contributed by atoms with Crippen molar-refractivity contribution in [1.82, 2.24) is 0 Å². The first-order valence-electron chi connectivity index (χ1n) is 6.51. The van der Waals surface area contributed by atoms with Crippen LogP contribution in [0.4, 0.5) is 5.69 Å². The number of ether oxygens (including phenoxy) is 1. The Morgan fingerprint density at radius 3 is 2.90 bits per heavy atom. The molecule has 108 valence electrons. The van der Waals surface area contributed by atoms with Gasteiger partial charge in [0.05, 0.1) is 22.4 Å². The Balaban J connectivity index is 1.98. The minimum absolute atomic E-state index is 0.0111. The standard InChI is InChI=1S/C14H16ClNO4/c15-11-5-1-4-10(14(18)19)13(11)16-12(17)7-6-9-3-2-8-20-9/h1,4-5,9H,2-3,6-8H2,(H,16,17)(H,18,19). The number of carboxylic acid groups (broad SMARTS) is 1. The van der Waals surface area contributed by atoms with Crippen LogP contribution in [-0.2, 0) is 9.53 Å². The van der Waals surface area contributed by atoms with E-state index in [9.17, 15) is 9.59 Å². The third-order valence-corrected chi connectivity index (χ3v) is 3.54. The van der Waals surface area contributed by atoms with E-state index < -0.39 is 5.97 Å². The molecule has 0 aliphatic carbocycles. The molecule has 0 radical (unpaired) electrons. The van der Waals surface area contributed by atoms with Crippen molar-refractivity contribution in [2.45, 2.75) is 31.8 Å². The van der Waals surface area contributed by atoms with Crippen molar-refractivity contribution in [3.8, 4) is 0 Å². The summed E-state index contributed by atoms with van der Waals surface area (Å²) in [6.07, 6.45) is 3.05. The van der Waals surface area contributed by atoms with E-state index in [4.69, 9.17) is 21.4 Å². The number of anilines is 1. The lowest BCUT2D eigenvalue weighted by atomic mass is 10.1. The number of benzene rings is 1. The van der Waals surface area contributed by atoms with Gasteiger partial charge < -0.3 is 15.2 Å². The fourth-order valence-corrected chi connectivity index (χ4v) is 2.42. The van der Waals surface area contributed by atoms with Crippen LogP contribution in [0.5, 0.6) is 0 Å². The smallest absolute Gasteiger partial charge is 0.337 e. The number of halogens is 1. The van der Waals surface area contributed by atoms with Crippen LogP contribution in [0.2, 0.25) is 5.02 Å². The Bertz CT molecular complexity index is 512. The Kier molecular flexibility index (Phi) is 4.98. The fraction of sp³-hybridized carbons (Fsp3) is 0.429. The van der Waals surface area contributed by atoms with Crippen molar-refractivity contribution in [1.29, 1.82) is 0 Å². The maximum absolute atomic E-state index is 11.9. The van der Waals surface area contributed by atoms with Crippen molar-refractivity contribution < 1.29 is 19.4 Å². The second kappa shape index (κ2) is 6.72. The number of rotatable bonds is 5. The fourth-order valence-electron chi connectivity index (χ4n) is 2.20. The number of para-hydroxylation sites is 1. The Labute approximate surface area is 121 Å². The van der Waals surface area contributed by atoms with Crippen LogP contribution in [-0.4, -0.2) is 29.7 Å². The first-order valence-corrected chi connectivity index (χ1v) is 6.89. The Hall–Kier alpha value is -1.59. The van der Waals surface area contributed by atoms with E-state index in [0.29, 0.717) is 6.42 Å². The van der Waals surface area contributed by atoms with E-state index in [1.165, 1.54) is 12.1 Å². The molecule has 2 N–H and O–H groups in total. The van der Waals surface area contributed by atoms with Gasteiger partial charge in [-0.1, -0.05) is 17.7 Å². The number of hydrogen-bond donors (Lipinski definition) is 2. The second-order valence-electron chi connectivity index (χ2n) is 4.69. The van der Waals surface area contributed by atoms with Crippen LogP contribution in [0.3, 0.4) is 0 Å². The van der Waals surface area contributed by atoms with Crippen molar-refractivity contribution >= 4 is 29.2 Å². The maximum Gasteiger partial charge on any atom is 0.337 e. The summed E-state index contributed by atoms with van der Waals surface area (Å²) in [6.45, 7) is 0.750. The Morgan fingerprint density at radius 2 is 2.25 bits per heavy atom. The van der Waals surface area contributed by atoms with Gasteiger partial charge in [0.25, 0.3) is 0 Å². The summed E-state index contributed by atoms with van der Waals surface area (Å²) in [5, 5.41) is 11.9. The van der Waals surface area contributed by atoms with Gasteiger partial charge in [-0.2, -0.15) is 0 Å². The lowest BCUT2D eigenvalue weighted by Gasteiger charge is -2.12. The zero-order valence-corrected chi connectivity index (χ0v) is 11.7. The minimum atomic E-state index is -1.12. The predicted molar refractivity (Wildman–Crippen MR) is 75.2 cm³/mol. The molecule has 5 nitrogen and oxygen atoms in total.